The van der Waals surface area contributed by atoms with E-state index in [1.807, 2.05) is 12.1 Å². The molecule has 3 N–H and O–H groups in total. The normalized spacial score (nSPS) is 10.3. The molecule has 0 aliphatic rings. The molecule has 0 radical (unpaired) electrons. The quantitative estimate of drug-likeness (QED) is 0.416. The molecule has 3 rings (SSSR count). The van der Waals surface area contributed by atoms with Gasteiger partial charge in [-0.25, -0.2) is 4.98 Å². The summed E-state index contributed by atoms with van der Waals surface area (Å²) < 4.78 is 0. The van der Waals surface area contributed by atoms with Crippen LogP contribution in [-0.4, -0.2) is 28.8 Å². The van der Waals surface area contributed by atoms with Crippen molar-refractivity contribution in [3.8, 4) is 11.3 Å². The number of nitro groups is 1. The third-order valence-corrected chi connectivity index (χ3v) is 4.71. The fraction of sp³-hybridized carbons (Fsp3) is 0.105. The number of rotatable bonds is 6. The number of benzene rings is 2. The monoisotopic (exact) mass is 411 g/mol. The minimum atomic E-state index is -0.553. The Labute approximate surface area is 169 Å². The predicted molar refractivity (Wildman–Crippen MR) is 112 cm³/mol. The average Bonchev–Trinajstić information content (AvgIpc) is 3.15. The molecular formula is C19H17N5O4S. The third-order valence-electron chi connectivity index (χ3n) is 3.95. The Morgan fingerprint density at radius 2 is 1.83 bits per heavy atom. The lowest BCUT2D eigenvalue weighted by molar-refractivity contribution is -0.384. The Balaban J connectivity index is 1.78. The second-order valence-electron chi connectivity index (χ2n) is 5.99. The zero-order valence-corrected chi connectivity index (χ0v) is 16.4. The van der Waals surface area contributed by atoms with Gasteiger partial charge in [-0.05, 0) is 18.2 Å². The van der Waals surface area contributed by atoms with Gasteiger partial charge in [-0.15, -0.1) is 11.3 Å². The van der Waals surface area contributed by atoms with Gasteiger partial charge in [-0.1, -0.05) is 12.1 Å². The van der Waals surface area contributed by atoms with Crippen LogP contribution in [0, 0.1) is 10.1 Å². The topological polar surface area (TPSA) is 126 Å². The smallest absolute Gasteiger partial charge is 0.270 e. The molecule has 29 heavy (non-hydrogen) atoms. The molecule has 0 unspecified atom stereocenters. The molecule has 3 aromatic rings. The molecule has 2 aromatic carbocycles. The first-order valence-electron chi connectivity index (χ1n) is 8.48. The molecule has 9 nitrogen and oxygen atoms in total. The van der Waals surface area contributed by atoms with E-state index in [9.17, 15) is 19.7 Å². The zero-order chi connectivity index (χ0) is 21.0. The first kappa shape index (κ1) is 20.0. The molecule has 0 aliphatic carbocycles. The van der Waals surface area contributed by atoms with Gasteiger partial charge in [-0.2, -0.15) is 0 Å². The van der Waals surface area contributed by atoms with Gasteiger partial charge in [0.1, 0.15) is 0 Å². The van der Waals surface area contributed by atoms with Gasteiger partial charge in [0.05, 0.1) is 16.2 Å². The van der Waals surface area contributed by atoms with E-state index >= 15 is 0 Å². The van der Waals surface area contributed by atoms with Crippen LogP contribution in [0.15, 0.2) is 47.8 Å². The molecule has 10 heteroatoms. The van der Waals surface area contributed by atoms with Crippen molar-refractivity contribution in [1.82, 2.24) is 4.98 Å². The van der Waals surface area contributed by atoms with Gasteiger partial charge in [-0.3, -0.25) is 25.0 Å². The summed E-state index contributed by atoms with van der Waals surface area (Å²) in [5.41, 5.74) is 2.61. The number of non-ortho nitro benzene ring substituents is 1. The van der Waals surface area contributed by atoms with E-state index in [1.165, 1.54) is 36.5 Å². The Morgan fingerprint density at radius 3 is 2.45 bits per heavy atom. The minimum Gasteiger partial charge on any atom is -0.387 e. The Morgan fingerprint density at radius 1 is 1.10 bits per heavy atom. The van der Waals surface area contributed by atoms with Gasteiger partial charge in [0.25, 0.3) is 11.6 Å². The number of carbonyl (C=O) groups is 2. The highest BCUT2D eigenvalue weighted by atomic mass is 32.1. The van der Waals surface area contributed by atoms with Crippen LogP contribution in [0.2, 0.25) is 0 Å². The summed E-state index contributed by atoms with van der Waals surface area (Å²) >= 11 is 1.24. The molecule has 1 aromatic heterocycles. The highest BCUT2D eigenvalue weighted by molar-refractivity contribution is 7.14. The van der Waals surface area contributed by atoms with Crippen LogP contribution >= 0.6 is 11.3 Å². The van der Waals surface area contributed by atoms with Crippen LogP contribution in [0.3, 0.4) is 0 Å². The van der Waals surface area contributed by atoms with Crippen LogP contribution in [0.25, 0.3) is 11.3 Å². The largest absolute Gasteiger partial charge is 0.387 e. The number of amides is 2. The summed E-state index contributed by atoms with van der Waals surface area (Å²) in [4.78, 5) is 38.5. The molecule has 0 bridgehead atoms. The van der Waals surface area contributed by atoms with Crippen molar-refractivity contribution in [1.29, 1.82) is 0 Å². The SMILES string of the molecule is CNc1ccc([N+](=O)[O-])cc1C(=O)Nc1nc(-c2ccc(NC(C)=O)cc2)cs1. The van der Waals surface area contributed by atoms with Gasteiger partial charge >= 0.3 is 0 Å². The van der Waals surface area contributed by atoms with Crippen LogP contribution < -0.4 is 16.0 Å². The van der Waals surface area contributed by atoms with E-state index in [4.69, 9.17) is 0 Å². The Hall–Kier alpha value is -3.79. The molecule has 2 amide bonds. The highest BCUT2D eigenvalue weighted by Crippen LogP contribution is 2.28. The van der Waals surface area contributed by atoms with E-state index in [0.29, 0.717) is 22.2 Å². The van der Waals surface area contributed by atoms with Crippen LogP contribution in [0.1, 0.15) is 17.3 Å². The number of hydrogen-bond acceptors (Lipinski definition) is 7. The summed E-state index contributed by atoms with van der Waals surface area (Å²) in [7, 11) is 1.63. The lowest BCUT2D eigenvalue weighted by Gasteiger charge is -2.08. The molecule has 0 saturated heterocycles. The standard InChI is InChI=1S/C19H17N5O4S/c1-11(25)21-13-5-3-12(4-6-13)17-10-29-19(22-17)23-18(26)15-9-14(24(27)28)7-8-16(15)20-2/h3-10,20H,1-2H3,(H,21,25)(H,22,23,26). The van der Waals surface area contributed by atoms with Crippen LogP contribution in [-0.2, 0) is 4.79 Å². The minimum absolute atomic E-state index is 0.151. The van der Waals surface area contributed by atoms with E-state index in [0.717, 1.165) is 5.56 Å². The fourth-order valence-corrected chi connectivity index (χ4v) is 3.32. The maximum atomic E-state index is 12.6. The number of thiazole rings is 1. The van der Waals surface area contributed by atoms with Crippen molar-refractivity contribution < 1.29 is 14.5 Å². The molecule has 148 valence electrons. The van der Waals surface area contributed by atoms with E-state index in [1.54, 1.807) is 24.6 Å². The van der Waals surface area contributed by atoms with Gasteiger partial charge in [0.15, 0.2) is 5.13 Å². The van der Waals surface area contributed by atoms with Crippen molar-refractivity contribution >= 4 is 45.3 Å². The Kier molecular flexibility index (Phi) is 5.84. The number of anilines is 3. The molecule has 0 atom stereocenters. The number of aromatic nitrogens is 1. The number of nitrogens with zero attached hydrogens (tertiary/aromatic N) is 2. The van der Waals surface area contributed by atoms with E-state index < -0.39 is 10.8 Å². The maximum absolute atomic E-state index is 12.6. The van der Waals surface area contributed by atoms with Crippen molar-refractivity contribution in [2.75, 3.05) is 23.0 Å². The first-order chi connectivity index (χ1) is 13.9. The van der Waals surface area contributed by atoms with Crippen LogP contribution in [0.4, 0.5) is 22.2 Å². The van der Waals surface area contributed by atoms with Crippen molar-refractivity contribution in [2.45, 2.75) is 6.92 Å². The summed E-state index contributed by atoms with van der Waals surface area (Å²) in [6.07, 6.45) is 0. The number of nitro benzene ring substituents is 1. The highest BCUT2D eigenvalue weighted by Gasteiger charge is 2.17. The fourth-order valence-electron chi connectivity index (χ4n) is 2.61. The first-order valence-corrected chi connectivity index (χ1v) is 9.36. The van der Waals surface area contributed by atoms with E-state index in [-0.39, 0.29) is 17.2 Å². The lowest BCUT2D eigenvalue weighted by Crippen LogP contribution is -2.14. The summed E-state index contributed by atoms with van der Waals surface area (Å²) in [5.74, 6) is -0.654. The lowest BCUT2D eigenvalue weighted by atomic mass is 10.1. The number of nitrogens with one attached hydrogen (secondary N) is 3. The summed E-state index contributed by atoms with van der Waals surface area (Å²) in [6.45, 7) is 1.43. The van der Waals surface area contributed by atoms with Crippen LogP contribution in [0.5, 0.6) is 0 Å². The zero-order valence-electron chi connectivity index (χ0n) is 15.6. The second-order valence-corrected chi connectivity index (χ2v) is 6.85. The second kappa shape index (κ2) is 8.48. The molecule has 0 fully saturated rings. The summed E-state index contributed by atoms with van der Waals surface area (Å²) in [5, 5.41) is 21.4. The number of hydrogen-bond donors (Lipinski definition) is 3. The molecule has 1 heterocycles. The maximum Gasteiger partial charge on any atom is 0.270 e. The average molecular weight is 411 g/mol. The number of carbonyl (C=O) groups excluding carboxylic acids is 2. The van der Waals surface area contributed by atoms with Gasteiger partial charge in [0.2, 0.25) is 5.91 Å². The Bertz CT molecular complexity index is 1080. The van der Waals surface area contributed by atoms with E-state index in [2.05, 4.69) is 20.9 Å². The van der Waals surface area contributed by atoms with Gasteiger partial charge in [0, 0.05) is 48.4 Å². The predicted octanol–water partition coefficient (Wildman–Crippen LogP) is 3.97. The van der Waals surface area contributed by atoms with Gasteiger partial charge < -0.3 is 10.6 Å². The molecule has 0 saturated carbocycles. The van der Waals surface area contributed by atoms with Crippen molar-refractivity contribution in [2.24, 2.45) is 0 Å². The molecular weight excluding hydrogens is 394 g/mol. The molecule has 0 spiro atoms. The third kappa shape index (κ3) is 4.74. The van der Waals surface area contributed by atoms with Crippen molar-refractivity contribution in [3.05, 3.63) is 63.5 Å². The summed E-state index contributed by atoms with van der Waals surface area (Å²) in [6, 6.07) is 11.2. The molecule has 0 aliphatic heterocycles. The van der Waals surface area contributed by atoms with Crippen molar-refractivity contribution in [3.63, 3.8) is 0 Å².